The second kappa shape index (κ2) is 8.65. The van der Waals surface area contributed by atoms with Gasteiger partial charge in [-0.25, -0.2) is 4.39 Å². The number of carbonyl (C=O) groups excluding carboxylic acids is 2. The molecule has 0 aliphatic carbocycles. The van der Waals surface area contributed by atoms with Crippen LogP contribution in [0.5, 0.6) is 0 Å². The number of para-hydroxylation sites is 1. The van der Waals surface area contributed by atoms with Gasteiger partial charge in [-0.3, -0.25) is 25.4 Å². The third-order valence-electron chi connectivity index (χ3n) is 5.10. The van der Waals surface area contributed by atoms with Crippen LogP contribution in [0.15, 0.2) is 60.7 Å². The predicted molar refractivity (Wildman–Crippen MR) is 120 cm³/mol. The standard InChI is InChI=1S/C24H20FN3O2S/c1-14-18-5-3-4-6-20(18)26-15(2)19(14)13-23(29)27-28-24(30)22-12-11-21(31-22)16-7-9-17(25)10-8-16/h3-12H,13H2,1-2H3,(H,27,29)(H,28,30). The van der Waals surface area contributed by atoms with Crippen LogP contribution in [0.3, 0.4) is 0 Å². The van der Waals surface area contributed by atoms with Crippen molar-refractivity contribution in [2.75, 3.05) is 0 Å². The number of benzene rings is 2. The molecule has 0 spiro atoms. The quantitative estimate of drug-likeness (QED) is 0.458. The molecular weight excluding hydrogens is 413 g/mol. The molecular formula is C24H20FN3O2S. The first kappa shape index (κ1) is 20.7. The van der Waals surface area contributed by atoms with Crippen LogP contribution in [0.2, 0.25) is 0 Å². The van der Waals surface area contributed by atoms with Gasteiger partial charge in [0, 0.05) is 16.0 Å². The minimum atomic E-state index is -0.406. The number of nitrogens with zero attached hydrogens (tertiary/aromatic N) is 1. The number of thiophene rings is 1. The van der Waals surface area contributed by atoms with E-state index in [2.05, 4.69) is 15.8 Å². The van der Waals surface area contributed by atoms with Gasteiger partial charge in [-0.05, 0) is 60.9 Å². The number of pyridine rings is 1. The Morgan fingerprint density at radius 2 is 1.71 bits per heavy atom. The van der Waals surface area contributed by atoms with Gasteiger partial charge < -0.3 is 0 Å². The number of hydrazine groups is 1. The average molecular weight is 434 g/mol. The lowest BCUT2D eigenvalue weighted by molar-refractivity contribution is -0.121. The molecule has 0 aliphatic rings. The summed E-state index contributed by atoms with van der Waals surface area (Å²) in [5.41, 5.74) is 9.30. The number of halogens is 1. The molecule has 7 heteroatoms. The summed E-state index contributed by atoms with van der Waals surface area (Å²) >= 11 is 1.27. The molecule has 2 aromatic heterocycles. The highest BCUT2D eigenvalue weighted by Crippen LogP contribution is 2.28. The lowest BCUT2D eigenvalue weighted by atomic mass is 9.99. The van der Waals surface area contributed by atoms with Gasteiger partial charge in [-0.15, -0.1) is 11.3 Å². The molecule has 0 radical (unpaired) electrons. The van der Waals surface area contributed by atoms with Crippen LogP contribution in [-0.4, -0.2) is 16.8 Å². The zero-order chi connectivity index (χ0) is 22.0. The molecule has 0 aliphatic heterocycles. The number of rotatable bonds is 4. The van der Waals surface area contributed by atoms with E-state index in [1.807, 2.05) is 38.1 Å². The molecule has 0 saturated carbocycles. The summed E-state index contributed by atoms with van der Waals surface area (Å²) in [5.74, 6) is -1.04. The Kier molecular flexibility index (Phi) is 5.77. The van der Waals surface area contributed by atoms with Crippen molar-refractivity contribution in [3.8, 4) is 10.4 Å². The van der Waals surface area contributed by atoms with Gasteiger partial charge in [-0.1, -0.05) is 30.3 Å². The van der Waals surface area contributed by atoms with E-state index in [1.165, 1.54) is 23.5 Å². The molecule has 0 unspecified atom stereocenters. The van der Waals surface area contributed by atoms with Crippen LogP contribution >= 0.6 is 11.3 Å². The Bertz CT molecular complexity index is 1280. The summed E-state index contributed by atoms with van der Waals surface area (Å²) in [6, 6.07) is 17.3. The van der Waals surface area contributed by atoms with Crippen molar-refractivity contribution < 1.29 is 14.0 Å². The summed E-state index contributed by atoms with van der Waals surface area (Å²) in [7, 11) is 0. The minimum Gasteiger partial charge on any atom is -0.273 e. The molecule has 0 saturated heterocycles. The number of fused-ring (bicyclic) bond motifs is 1. The Morgan fingerprint density at radius 1 is 0.968 bits per heavy atom. The minimum absolute atomic E-state index is 0.112. The molecule has 0 atom stereocenters. The van der Waals surface area contributed by atoms with Crippen molar-refractivity contribution >= 4 is 34.1 Å². The molecule has 2 heterocycles. The zero-order valence-electron chi connectivity index (χ0n) is 17.0. The van der Waals surface area contributed by atoms with E-state index in [1.54, 1.807) is 24.3 Å². The Morgan fingerprint density at radius 3 is 2.48 bits per heavy atom. The lowest BCUT2D eigenvalue weighted by Crippen LogP contribution is -2.42. The van der Waals surface area contributed by atoms with Crippen molar-refractivity contribution in [3.63, 3.8) is 0 Å². The van der Waals surface area contributed by atoms with Crippen LogP contribution in [0, 0.1) is 19.7 Å². The highest BCUT2D eigenvalue weighted by atomic mass is 32.1. The first-order valence-corrected chi connectivity index (χ1v) is 10.5. The van der Waals surface area contributed by atoms with Crippen LogP contribution in [0.4, 0.5) is 4.39 Å². The molecule has 156 valence electrons. The van der Waals surface area contributed by atoms with Gasteiger partial charge in [0.2, 0.25) is 5.91 Å². The van der Waals surface area contributed by atoms with E-state index in [-0.39, 0.29) is 18.1 Å². The molecule has 0 bridgehead atoms. The Labute approximate surface area is 182 Å². The molecule has 2 aromatic carbocycles. The molecule has 4 rings (SSSR count). The summed E-state index contributed by atoms with van der Waals surface area (Å²) in [6.45, 7) is 3.85. The third-order valence-corrected chi connectivity index (χ3v) is 6.23. The molecule has 31 heavy (non-hydrogen) atoms. The fraction of sp³-hybridized carbons (Fsp3) is 0.125. The third kappa shape index (κ3) is 4.46. The van der Waals surface area contributed by atoms with Crippen molar-refractivity contribution in [3.05, 3.63) is 88.2 Å². The topological polar surface area (TPSA) is 71.1 Å². The number of aryl methyl sites for hydroxylation is 2. The second-order valence-corrected chi connectivity index (χ2v) is 8.25. The Hall–Kier alpha value is -3.58. The van der Waals surface area contributed by atoms with Gasteiger partial charge >= 0.3 is 0 Å². The van der Waals surface area contributed by atoms with Crippen LogP contribution in [-0.2, 0) is 11.2 Å². The molecule has 2 N–H and O–H groups in total. The number of carbonyl (C=O) groups is 2. The predicted octanol–water partition coefficient (Wildman–Crippen LogP) is 4.72. The normalized spacial score (nSPS) is 10.8. The largest absolute Gasteiger partial charge is 0.279 e. The van der Waals surface area contributed by atoms with Crippen molar-refractivity contribution in [2.24, 2.45) is 0 Å². The molecule has 5 nitrogen and oxygen atoms in total. The maximum Gasteiger partial charge on any atom is 0.279 e. The van der Waals surface area contributed by atoms with Gasteiger partial charge in [0.1, 0.15) is 5.82 Å². The fourth-order valence-corrected chi connectivity index (χ4v) is 4.36. The summed E-state index contributed by atoms with van der Waals surface area (Å²) in [4.78, 5) is 30.7. The van der Waals surface area contributed by atoms with Crippen molar-refractivity contribution in [2.45, 2.75) is 20.3 Å². The number of amides is 2. The second-order valence-electron chi connectivity index (χ2n) is 7.17. The SMILES string of the molecule is Cc1nc2ccccc2c(C)c1CC(=O)NNC(=O)c1ccc(-c2ccc(F)cc2)s1. The highest BCUT2D eigenvalue weighted by Gasteiger charge is 2.15. The van der Waals surface area contributed by atoms with Gasteiger partial charge in [0.15, 0.2) is 0 Å². The monoisotopic (exact) mass is 433 g/mol. The number of hydrogen-bond donors (Lipinski definition) is 2. The van der Waals surface area contributed by atoms with E-state index < -0.39 is 5.91 Å². The van der Waals surface area contributed by atoms with Gasteiger partial charge in [0.05, 0.1) is 16.8 Å². The molecule has 4 aromatic rings. The zero-order valence-corrected chi connectivity index (χ0v) is 17.8. The maximum atomic E-state index is 13.1. The first-order valence-electron chi connectivity index (χ1n) is 9.72. The number of aromatic nitrogens is 1. The van der Waals surface area contributed by atoms with Crippen LogP contribution in [0.1, 0.15) is 26.5 Å². The summed E-state index contributed by atoms with van der Waals surface area (Å²) in [6.07, 6.45) is 0.112. The Balaban J connectivity index is 1.41. The highest BCUT2D eigenvalue weighted by molar-refractivity contribution is 7.17. The van der Waals surface area contributed by atoms with Crippen molar-refractivity contribution in [1.29, 1.82) is 0 Å². The van der Waals surface area contributed by atoms with E-state index >= 15 is 0 Å². The maximum absolute atomic E-state index is 13.1. The van der Waals surface area contributed by atoms with E-state index in [0.717, 1.165) is 38.2 Å². The smallest absolute Gasteiger partial charge is 0.273 e. The molecule has 2 amide bonds. The fourth-order valence-electron chi connectivity index (χ4n) is 3.45. The van der Waals surface area contributed by atoms with Crippen LogP contribution < -0.4 is 10.9 Å². The van der Waals surface area contributed by atoms with Crippen LogP contribution in [0.25, 0.3) is 21.3 Å². The van der Waals surface area contributed by atoms with Gasteiger partial charge in [0.25, 0.3) is 5.91 Å². The summed E-state index contributed by atoms with van der Waals surface area (Å²) in [5, 5.41) is 1.01. The van der Waals surface area contributed by atoms with E-state index in [0.29, 0.717) is 4.88 Å². The number of nitrogens with one attached hydrogen (secondary N) is 2. The van der Waals surface area contributed by atoms with E-state index in [4.69, 9.17) is 0 Å². The van der Waals surface area contributed by atoms with Gasteiger partial charge in [-0.2, -0.15) is 0 Å². The van der Waals surface area contributed by atoms with E-state index in [9.17, 15) is 14.0 Å². The first-order chi connectivity index (χ1) is 14.9. The van der Waals surface area contributed by atoms with Crippen molar-refractivity contribution in [1.82, 2.24) is 15.8 Å². The average Bonchev–Trinajstić information content (AvgIpc) is 3.26. The number of hydrogen-bond acceptors (Lipinski definition) is 4. The lowest BCUT2D eigenvalue weighted by Gasteiger charge is -2.13. The molecule has 0 fully saturated rings. The summed E-state index contributed by atoms with van der Waals surface area (Å²) < 4.78 is 13.1.